The van der Waals surface area contributed by atoms with Gasteiger partial charge in [-0.2, -0.15) is 0 Å². The summed E-state index contributed by atoms with van der Waals surface area (Å²) in [6.45, 7) is 1.70. The van der Waals surface area contributed by atoms with Crippen molar-refractivity contribution in [2.45, 2.75) is 44.9 Å². The van der Waals surface area contributed by atoms with Crippen molar-refractivity contribution >= 4 is 35.0 Å². The summed E-state index contributed by atoms with van der Waals surface area (Å²) in [4.78, 5) is 48.8. The van der Waals surface area contributed by atoms with Crippen LogP contribution in [0.3, 0.4) is 0 Å². The summed E-state index contributed by atoms with van der Waals surface area (Å²) in [5.74, 6) is -0.625. The van der Waals surface area contributed by atoms with Crippen LogP contribution in [0, 0.1) is 0 Å². The molecule has 2 rings (SSSR count). The molecule has 10 nitrogen and oxygen atoms in total. The Hall–Kier alpha value is -3.76. The number of ether oxygens (including phenoxy) is 2. The van der Waals surface area contributed by atoms with Gasteiger partial charge >= 0.3 is 0 Å². The maximum Gasteiger partial charge on any atom is 0.251 e. The Morgan fingerprint density at radius 3 is 1.44 bits per heavy atom. The van der Waals surface area contributed by atoms with Gasteiger partial charge in [0.15, 0.2) is 0 Å². The van der Waals surface area contributed by atoms with Crippen molar-refractivity contribution in [3.8, 4) is 0 Å². The fraction of sp³-hybridized carbons (Fsp3) is 0.448. The molecule has 0 unspecified atom stereocenters. The highest BCUT2D eigenvalue weighted by Gasteiger charge is 2.09. The highest BCUT2D eigenvalue weighted by Crippen LogP contribution is 2.14. The molecule has 0 spiro atoms. The minimum Gasteiger partial charge on any atom is -0.383 e. The lowest BCUT2D eigenvalue weighted by Gasteiger charge is -2.09. The molecule has 0 fully saturated rings. The zero-order valence-corrected chi connectivity index (χ0v) is 22.8. The molecule has 10 heteroatoms. The Morgan fingerprint density at radius 2 is 1.03 bits per heavy atom. The molecule has 0 aliphatic heterocycles. The largest absolute Gasteiger partial charge is 0.383 e. The predicted molar refractivity (Wildman–Crippen MR) is 151 cm³/mol. The molecule has 0 atom stereocenters. The molecule has 0 saturated carbocycles. The van der Waals surface area contributed by atoms with E-state index in [-0.39, 0.29) is 23.6 Å². The molecule has 212 valence electrons. The van der Waals surface area contributed by atoms with Gasteiger partial charge in [-0.15, -0.1) is 0 Å². The molecule has 0 radical (unpaired) electrons. The first-order chi connectivity index (χ1) is 18.9. The van der Waals surface area contributed by atoms with Gasteiger partial charge < -0.3 is 30.7 Å². The number of hydrogen-bond donors (Lipinski definition) is 4. The van der Waals surface area contributed by atoms with Gasteiger partial charge in [0.05, 0.1) is 13.2 Å². The SMILES string of the molecule is COCCNC(=O)c1cccc(NC(=O)CCCCCCCC(=O)Nc2cccc(C(=O)NCCOC)c2)c1. The second-order valence-corrected chi connectivity index (χ2v) is 9.02. The number of carbonyl (C=O) groups excluding carboxylic acids is 4. The van der Waals surface area contributed by atoms with E-state index in [9.17, 15) is 19.2 Å². The van der Waals surface area contributed by atoms with Crippen LogP contribution < -0.4 is 21.3 Å². The molecule has 0 saturated heterocycles. The van der Waals surface area contributed by atoms with Crippen LogP contribution in [0.2, 0.25) is 0 Å². The maximum absolute atomic E-state index is 12.3. The van der Waals surface area contributed by atoms with Crippen molar-refractivity contribution in [1.82, 2.24) is 10.6 Å². The first-order valence-electron chi connectivity index (χ1n) is 13.3. The van der Waals surface area contributed by atoms with Gasteiger partial charge in [0.25, 0.3) is 11.8 Å². The monoisotopic (exact) mass is 540 g/mol. The summed E-state index contributed by atoms with van der Waals surface area (Å²) in [5, 5.41) is 11.2. The molecular formula is C29H40N4O6. The van der Waals surface area contributed by atoms with Crippen LogP contribution in [0.4, 0.5) is 11.4 Å². The number of amides is 4. The first-order valence-corrected chi connectivity index (χ1v) is 13.3. The van der Waals surface area contributed by atoms with Crippen LogP contribution in [0.5, 0.6) is 0 Å². The molecular weight excluding hydrogens is 500 g/mol. The van der Waals surface area contributed by atoms with E-state index in [2.05, 4.69) is 21.3 Å². The van der Waals surface area contributed by atoms with Crippen LogP contribution >= 0.6 is 0 Å². The molecule has 0 heterocycles. The van der Waals surface area contributed by atoms with Crippen molar-refractivity contribution in [3.63, 3.8) is 0 Å². The normalized spacial score (nSPS) is 10.5. The van der Waals surface area contributed by atoms with E-state index in [1.54, 1.807) is 62.8 Å². The Kier molecular flexibility index (Phi) is 14.9. The van der Waals surface area contributed by atoms with Gasteiger partial charge in [-0.3, -0.25) is 19.2 Å². The number of benzene rings is 2. The van der Waals surface area contributed by atoms with E-state index in [1.165, 1.54) is 0 Å². The fourth-order valence-corrected chi connectivity index (χ4v) is 3.76. The lowest BCUT2D eigenvalue weighted by atomic mass is 10.1. The summed E-state index contributed by atoms with van der Waals surface area (Å²) in [7, 11) is 3.14. The molecule has 0 bridgehead atoms. The number of anilines is 2. The average molecular weight is 541 g/mol. The van der Waals surface area contributed by atoms with Crippen LogP contribution in [0.1, 0.15) is 65.7 Å². The number of carbonyl (C=O) groups is 4. The Bertz CT molecular complexity index is 992. The summed E-state index contributed by atoms with van der Waals surface area (Å²) in [5.41, 5.74) is 2.12. The van der Waals surface area contributed by atoms with Crippen molar-refractivity contribution in [3.05, 3.63) is 59.7 Å². The molecule has 2 aromatic carbocycles. The summed E-state index contributed by atoms with van der Waals surface area (Å²) < 4.78 is 9.85. The van der Waals surface area contributed by atoms with Crippen molar-refractivity contribution in [2.75, 3.05) is 51.2 Å². The Labute approximate surface area is 230 Å². The smallest absolute Gasteiger partial charge is 0.251 e. The average Bonchev–Trinajstić information content (AvgIpc) is 2.93. The fourth-order valence-electron chi connectivity index (χ4n) is 3.76. The van der Waals surface area contributed by atoms with E-state index < -0.39 is 0 Å². The molecule has 4 amide bonds. The van der Waals surface area contributed by atoms with Crippen LogP contribution in [-0.4, -0.2) is 64.2 Å². The van der Waals surface area contributed by atoms with Crippen molar-refractivity contribution < 1.29 is 28.7 Å². The second kappa shape index (κ2) is 18.5. The first kappa shape index (κ1) is 31.5. The topological polar surface area (TPSA) is 135 Å². The highest BCUT2D eigenvalue weighted by molar-refractivity contribution is 5.98. The van der Waals surface area contributed by atoms with E-state index in [0.717, 1.165) is 32.1 Å². The number of rotatable bonds is 18. The van der Waals surface area contributed by atoms with Crippen LogP contribution in [-0.2, 0) is 19.1 Å². The second-order valence-electron chi connectivity index (χ2n) is 9.02. The van der Waals surface area contributed by atoms with Crippen molar-refractivity contribution in [1.29, 1.82) is 0 Å². The lowest BCUT2D eigenvalue weighted by Crippen LogP contribution is -2.27. The standard InChI is InChI=1S/C29H40N4O6/c1-38-18-16-30-28(36)22-10-8-12-24(20-22)32-26(34)14-6-4-3-5-7-15-27(35)33-25-13-9-11-23(21-25)29(37)31-17-19-39-2/h8-13,20-21H,3-7,14-19H2,1-2H3,(H,30,36)(H,31,37)(H,32,34)(H,33,35). The molecule has 39 heavy (non-hydrogen) atoms. The number of nitrogens with one attached hydrogen (secondary N) is 4. The molecule has 0 aromatic heterocycles. The van der Waals surface area contributed by atoms with Crippen LogP contribution in [0.25, 0.3) is 0 Å². The number of methoxy groups -OCH3 is 2. The summed E-state index contributed by atoms with van der Waals surface area (Å²) in [6, 6.07) is 13.7. The zero-order chi connectivity index (χ0) is 28.3. The molecule has 0 aliphatic rings. The quantitative estimate of drug-likeness (QED) is 0.213. The number of unbranched alkanes of at least 4 members (excludes halogenated alkanes) is 4. The minimum atomic E-state index is -0.216. The Morgan fingerprint density at radius 1 is 0.615 bits per heavy atom. The van der Waals surface area contributed by atoms with E-state index in [1.807, 2.05) is 0 Å². The van der Waals surface area contributed by atoms with Crippen molar-refractivity contribution in [2.24, 2.45) is 0 Å². The van der Waals surface area contributed by atoms with Gasteiger partial charge in [0.1, 0.15) is 0 Å². The third-order valence-corrected chi connectivity index (χ3v) is 5.81. The van der Waals surface area contributed by atoms with E-state index >= 15 is 0 Å². The van der Waals surface area contributed by atoms with Gasteiger partial charge in [0, 0.05) is 62.7 Å². The maximum atomic E-state index is 12.3. The third-order valence-electron chi connectivity index (χ3n) is 5.81. The predicted octanol–water partition coefficient (Wildman–Crippen LogP) is 3.75. The Balaban J connectivity index is 1.59. The van der Waals surface area contributed by atoms with Gasteiger partial charge in [-0.1, -0.05) is 31.4 Å². The van der Waals surface area contributed by atoms with Gasteiger partial charge in [-0.25, -0.2) is 0 Å². The van der Waals surface area contributed by atoms with Gasteiger partial charge in [0.2, 0.25) is 11.8 Å². The number of hydrogen-bond acceptors (Lipinski definition) is 6. The third kappa shape index (κ3) is 13.0. The summed E-state index contributed by atoms with van der Waals surface area (Å²) in [6.07, 6.45) is 4.96. The van der Waals surface area contributed by atoms with Gasteiger partial charge in [-0.05, 0) is 49.2 Å². The molecule has 0 aliphatic carbocycles. The molecule has 4 N–H and O–H groups in total. The lowest BCUT2D eigenvalue weighted by molar-refractivity contribution is -0.117. The minimum absolute atomic E-state index is 0.0964. The summed E-state index contributed by atoms with van der Waals surface area (Å²) >= 11 is 0. The zero-order valence-electron chi connectivity index (χ0n) is 22.8. The molecule has 2 aromatic rings. The van der Waals surface area contributed by atoms with E-state index in [0.29, 0.717) is 61.6 Å². The highest BCUT2D eigenvalue weighted by atomic mass is 16.5. The van der Waals surface area contributed by atoms with E-state index in [4.69, 9.17) is 9.47 Å². The van der Waals surface area contributed by atoms with Crippen LogP contribution in [0.15, 0.2) is 48.5 Å².